The number of hydrogen-bond acceptors (Lipinski definition) is 8. The maximum absolute atomic E-state index is 12.4. The molecule has 0 atom stereocenters. The molecule has 1 fully saturated rings. The lowest BCUT2D eigenvalue weighted by molar-refractivity contribution is -0.384. The Morgan fingerprint density at radius 3 is 2.67 bits per heavy atom. The van der Waals surface area contributed by atoms with Crippen molar-refractivity contribution in [2.24, 2.45) is 0 Å². The number of benzene rings is 2. The van der Waals surface area contributed by atoms with Gasteiger partial charge in [-0.05, 0) is 43.5 Å². The van der Waals surface area contributed by atoms with Crippen molar-refractivity contribution in [3.63, 3.8) is 0 Å². The Hall–Kier alpha value is -3.82. The number of carbonyl (C=O) groups excluding carboxylic acids is 1. The van der Waals surface area contributed by atoms with E-state index >= 15 is 0 Å². The highest BCUT2D eigenvalue weighted by molar-refractivity contribution is 5.91. The Morgan fingerprint density at radius 2 is 1.90 bits per heavy atom. The van der Waals surface area contributed by atoms with Gasteiger partial charge in [-0.15, -0.1) is 5.10 Å². The number of aromatic nitrogens is 3. The van der Waals surface area contributed by atoms with Crippen molar-refractivity contribution >= 4 is 28.2 Å². The van der Waals surface area contributed by atoms with Crippen LogP contribution in [0.5, 0.6) is 0 Å². The van der Waals surface area contributed by atoms with Gasteiger partial charge >= 0.3 is 5.97 Å². The number of nitro benzene ring substituents is 1. The van der Waals surface area contributed by atoms with E-state index < -0.39 is 23.2 Å². The van der Waals surface area contributed by atoms with Crippen molar-refractivity contribution in [1.29, 1.82) is 0 Å². The van der Waals surface area contributed by atoms with Crippen molar-refractivity contribution in [3.05, 3.63) is 68.5 Å². The molecule has 1 aromatic heterocycles. The second-order valence-electron chi connectivity index (χ2n) is 6.98. The molecule has 3 aromatic rings. The van der Waals surface area contributed by atoms with Gasteiger partial charge in [0.25, 0.3) is 11.2 Å². The molecule has 0 saturated carbocycles. The van der Waals surface area contributed by atoms with Crippen molar-refractivity contribution in [2.75, 3.05) is 18.0 Å². The lowest BCUT2D eigenvalue weighted by Gasteiger charge is -2.28. The lowest BCUT2D eigenvalue weighted by atomic mass is 10.1. The van der Waals surface area contributed by atoms with Crippen LogP contribution in [-0.2, 0) is 11.5 Å². The summed E-state index contributed by atoms with van der Waals surface area (Å²) in [5, 5.41) is 19.6. The molecule has 2 heterocycles. The van der Waals surface area contributed by atoms with E-state index in [9.17, 15) is 19.7 Å². The average Bonchev–Trinajstić information content (AvgIpc) is 2.78. The molecule has 0 spiro atoms. The monoisotopic (exact) mass is 409 g/mol. The Bertz CT molecular complexity index is 1170. The minimum Gasteiger partial charge on any atom is -0.439 e. The fraction of sp³-hybridized carbons (Fsp3) is 0.300. The average molecular weight is 409 g/mol. The van der Waals surface area contributed by atoms with Crippen molar-refractivity contribution in [3.8, 4) is 0 Å². The highest BCUT2D eigenvalue weighted by Crippen LogP contribution is 2.31. The molecule has 10 nitrogen and oxygen atoms in total. The first-order valence-corrected chi connectivity index (χ1v) is 9.57. The van der Waals surface area contributed by atoms with Crippen LogP contribution in [0.25, 0.3) is 10.9 Å². The molecule has 0 amide bonds. The first-order chi connectivity index (χ1) is 14.5. The number of esters is 1. The Kier molecular flexibility index (Phi) is 5.38. The zero-order valence-corrected chi connectivity index (χ0v) is 16.1. The van der Waals surface area contributed by atoms with E-state index in [2.05, 4.69) is 10.3 Å². The standard InChI is InChI=1S/C20H19N5O5/c26-19-15-6-2-3-7-16(15)21-22-24(19)13-30-20(27)14-8-9-17(18(12-14)25(28)29)23-10-4-1-5-11-23/h2-3,6-9,12H,1,4-5,10-11,13H2. The number of rotatable bonds is 5. The zero-order chi connectivity index (χ0) is 21.1. The predicted octanol–water partition coefficient (Wildman–Crippen LogP) is 2.50. The minimum atomic E-state index is -0.787. The van der Waals surface area contributed by atoms with Crippen LogP contribution in [-0.4, -0.2) is 39.0 Å². The van der Waals surface area contributed by atoms with Gasteiger partial charge in [0, 0.05) is 19.2 Å². The summed E-state index contributed by atoms with van der Waals surface area (Å²) in [5.74, 6) is -0.787. The van der Waals surface area contributed by atoms with Gasteiger partial charge in [0.15, 0.2) is 6.73 Å². The van der Waals surface area contributed by atoms with Gasteiger partial charge in [0.05, 0.1) is 15.9 Å². The highest BCUT2D eigenvalue weighted by atomic mass is 16.6. The molecule has 1 aliphatic rings. The molecule has 1 saturated heterocycles. The van der Waals surface area contributed by atoms with Gasteiger partial charge in [-0.2, -0.15) is 4.68 Å². The molecule has 1 aliphatic heterocycles. The number of nitro groups is 1. The molecule has 4 rings (SSSR count). The van der Waals surface area contributed by atoms with E-state index in [1.807, 2.05) is 4.90 Å². The summed E-state index contributed by atoms with van der Waals surface area (Å²) in [6, 6.07) is 11.0. The molecular formula is C20H19N5O5. The summed E-state index contributed by atoms with van der Waals surface area (Å²) >= 11 is 0. The van der Waals surface area contributed by atoms with Crippen LogP contribution in [0.2, 0.25) is 0 Å². The van der Waals surface area contributed by atoms with E-state index in [1.165, 1.54) is 12.1 Å². The van der Waals surface area contributed by atoms with Crippen molar-refractivity contribution < 1.29 is 14.5 Å². The number of hydrogen-bond donors (Lipinski definition) is 0. The van der Waals surface area contributed by atoms with Gasteiger partial charge in [-0.1, -0.05) is 17.3 Å². The number of fused-ring (bicyclic) bond motifs is 1. The Morgan fingerprint density at radius 1 is 1.13 bits per heavy atom. The maximum atomic E-state index is 12.4. The van der Waals surface area contributed by atoms with Gasteiger partial charge in [-0.3, -0.25) is 14.9 Å². The van der Waals surface area contributed by atoms with Crippen LogP contribution in [0, 0.1) is 10.1 Å². The second-order valence-corrected chi connectivity index (χ2v) is 6.98. The SMILES string of the molecule is O=C(OCn1nnc2ccccc2c1=O)c1ccc(N2CCCCC2)c([N+](=O)[O-])c1. The number of nitrogens with zero attached hydrogens (tertiary/aromatic N) is 5. The quantitative estimate of drug-likeness (QED) is 0.358. The number of ether oxygens (including phenoxy) is 1. The maximum Gasteiger partial charge on any atom is 0.340 e. The normalized spacial score (nSPS) is 13.9. The van der Waals surface area contributed by atoms with E-state index in [1.54, 1.807) is 30.3 Å². The van der Waals surface area contributed by atoms with Crippen LogP contribution in [0.3, 0.4) is 0 Å². The molecule has 0 unspecified atom stereocenters. The van der Waals surface area contributed by atoms with Crippen LogP contribution in [0.4, 0.5) is 11.4 Å². The van der Waals surface area contributed by atoms with E-state index in [0.29, 0.717) is 16.6 Å². The number of carbonyl (C=O) groups is 1. The third-order valence-electron chi connectivity index (χ3n) is 5.05. The summed E-state index contributed by atoms with van der Waals surface area (Å²) in [7, 11) is 0. The van der Waals surface area contributed by atoms with Gasteiger partial charge in [-0.25, -0.2) is 4.79 Å². The van der Waals surface area contributed by atoms with Gasteiger partial charge < -0.3 is 9.64 Å². The summed E-state index contributed by atoms with van der Waals surface area (Å²) in [6.45, 7) is 1.04. The summed E-state index contributed by atoms with van der Waals surface area (Å²) in [4.78, 5) is 37.9. The highest BCUT2D eigenvalue weighted by Gasteiger charge is 2.23. The van der Waals surface area contributed by atoms with E-state index in [-0.39, 0.29) is 11.3 Å². The summed E-state index contributed by atoms with van der Waals surface area (Å²) in [5.41, 5.74) is 0.375. The van der Waals surface area contributed by atoms with Gasteiger partial charge in [0.2, 0.25) is 0 Å². The molecule has 0 bridgehead atoms. The number of piperidine rings is 1. The Balaban J connectivity index is 1.53. The second kappa shape index (κ2) is 8.27. The fourth-order valence-electron chi connectivity index (χ4n) is 3.51. The van der Waals surface area contributed by atoms with Crippen LogP contribution >= 0.6 is 0 Å². The van der Waals surface area contributed by atoms with Crippen molar-refractivity contribution in [2.45, 2.75) is 26.0 Å². The summed E-state index contributed by atoms with van der Waals surface area (Å²) < 4.78 is 6.08. The molecule has 0 N–H and O–H groups in total. The molecule has 10 heteroatoms. The topological polar surface area (TPSA) is 120 Å². The van der Waals surface area contributed by atoms with Crippen LogP contribution in [0.1, 0.15) is 29.6 Å². The van der Waals surface area contributed by atoms with Crippen LogP contribution in [0.15, 0.2) is 47.3 Å². The molecular weight excluding hydrogens is 390 g/mol. The molecule has 0 radical (unpaired) electrons. The fourth-order valence-corrected chi connectivity index (χ4v) is 3.51. The molecule has 154 valence electrons. The zero-order valence-electron chi connectivity index (χ0n) is 16.1. The third kappa shape index (κ3) is 3.84. The molecule has 2 aromatic carbocycles. The number of anilines is 1. The summed E-state index contributed by atoms with van der Waals surface area (Å²) in [6.07, 6.45) is 3.05. The van der Waals surface area contributed by atoms with Gasteiger partial charge in [0.1, 0.15) is 11.2 Å². The Labute approximate surface area is 170 Å². The van der Waals surface area contributed by atoms with E-state index in [4.69, 9.17) is 4.74 Å². The molecule has 0 aliphatic carbocycles. The first-order valence-electron chi connectivity index (χ1n) is 9.57. The van der Waals surface area contributed by atoms with Crippen molar-refractivity contribution in [1.82, 2.24) is 15.0 Å². The smallest absolute Gasteiger partial charge is 0.340 e. The first kappa shape index (κ1) is 19.5. The minimum absolute atomic E-state index is 0.0317. The lowest BCUT2D eigenvalue weighted by Crippen LogP contribution is -2.30. The van der Waals surface area contributed by atoms with E-state index in [0.717, 1.165) is 37.0 Å². The predicted molar refractivity (Wildman–Crippen MR) is 108 cm³/mol. The largest absolute Gasteiger partial charge is 0.439 e. The van der Waals surface area contributed by atoms with Crippen LogP contribution < -0.4 is 10.5 Å². The third-order valence-corrected chi connectivity index (χ3v) is 5.05. The molecule has 30 heavy (non-hydrogen) atoms.